The third-order valence-electron chi connectivity index (χ3n) is 3.28. The summed E-state index contributed by atoms with van der Waals surface area (Å²) >= 11 is 0.954. The molecule has 3 nitrogen and oxygen atoms in total. The SMILES string of the molecule is CCc1c(-c2c(F)ccc(C)c2F)sc(C(=O)OC)c1N. The minimum atomic E-state index is -0.675. The van der Waals surface area contributed by atoms with Gasteiger partial charge in [0.15, 0.2) is 0 Å². The lowest BCUT2D eigenvalue weighted by atomic mass is 10.0. The minimum absolute atomic E-state index is 0.140. The Bertz CT molecular complexity index is 710. The molecule has 0 spiro atoms. The molecule has 0 aliphatic heterocycles. The fraction of sp³-hybridized carbons (Fsp3) is 0.267. The fourth-order valence-electron chi connectivity index (χ4n) is 2.14. The van der Waals surface area contributed by atoms with Crippen molar-refractivity contribution in [2.75, 3.05) is 12.8 Å². The number of carbonyl (C=O) groups is 1. The highest BCUT2D eigenvalue weighted by Crippen LogP contribution is 2.41. The quantitative estimate of drug-likeness (QED) is 0.874. The Kier molecular flexibility index (Phi) is 4.27. The number of esters is 1. The van der Waals surface area contributed by atoms with Crippen LogP contribution in [0, 0.1) is 18.6 Å². The van der Waals surface area contributed by atoms with Crippen LogP contribution in [0.15, 0.2) is 12.1 Å². The number of aryl methyl sites for hydroxylation is 1. The zero-order valence-corrected chi connectivity index (χ0v) is 12.7. The first-order valence-electron chi connectivity index (χ1n) is 6.36. The van der Waals surface area contributed by atoms with Gasteiger partial charge < -0.3 is 10.5 Å². The maximum absolute atomic E-state index is 14.3. The highest BCUT2D eigenvalue weighted by Gasteiger charge is 2.25. The third kappa shape index (κ3) is 2.51. The molecule has 0 radical (unpaired) electrons. The van der Waals surface area contributed by atoms with Crippen LogP contribution in [0.25, 0.3) is 10.4 Å². The smallest absolute Gasteiger partial charge is 0.350 e. The molecule has 0 amide bonds. The topological polar surface area (TPSA) is 52.3 Å². The van der Waals surface area contributed by atoms with Gasteiger partial charge in [0.2, 0.25) is 0 Å². The molecular weight excluding hydrogens is 296 g/mol. The molecule has 21 heavy (non-hydrogen) atoms. The van der Waals surface area contributed by atoms with Crippen molar-refractivity contribution < 1.29 is 18.3 Å². The van der Waals surface area contributed by atoms with Crippen molar-refractivity contribution in [1.82, 2.24) is 0 Å². The predicted molar refractivity (Wildman–Crippen MR) is 79.5 cm³/mol. The average Bonchev–Trinajstić information content (AvgIpc) is 2.79. The van der Waals surface area contributed by atoms with Crippen LogP contribution in [0.2, 0.25) is 0 Å². The van der Waals surface area contributed by atoms with Crippen LogP contribution in [-0.4, -0.2) is 13.1 Å². The summed E-state index contributed by atoms with van der Waals surface area (Å²) in [4.78, 5) is 12.2. The van der Waals surface area contributed by atoms with Gasteiger partial charge in [-0.25, -0.2) is 13.6 Å². The summed E-state index contributed by atoms with van der Waals surface area (Å²) in [6, 6.07) is 2.58. The van der Waals surface area contributed by atoms with Gasteiger partial charge in [0.25, 0.3) is 0 Å². The van der Waals surface area contributed by atoms with Gasteiger partial charge in [-0.1, -0.05) is 13.0 Å². The summed E-state index contributed by atoms with van der Waals surface area (Å²) in [5.41, 5.74) is 6.91. The predicted octanol–water partition coefficient (Wildman–Crippen LogP) is 3.93. The number of hydrogen-bond donors (Lipinski definition) is 1. The Balaban J connectivity index is 2.76. The van der Waals surface area contributed by atoms with E-state index in [-0.39, 0.29) is 16.1 Å². The van der Waals surface area contributed by atoms with Crippen LogP contribution in [0.4, 0.5) is 14.5 Å². The van der Waals surface area contributed by atoms with Crippen molar-refractivity contribution >= 4 is 23.0 Å². The molecular formula is C15H15F2NO2S. The minimum Gasteiger partial charge on any atom is -0.465 e. The molecule has 2 aromatic rings. The van der Waals surface area contributed by atoms with Crippen molar-refractivity contribution in [3.63, 3.8) is 0 Å². The van der Waals surface area contributed by atoms with E-state index in [1.54, 1.807) is 6.92 Å². The highest BCUT2D eigenvalue weighted by atomic mass is 32.1. The van der Waals surface area contributed by atoms with Gasteiger partial charge in [-0.2, -0.15) is 0 Å². The van der Waals surface area contributed by atoms with Crippen molar-refractivity contribution in [2.24, 2.45) is 0 Å². The van der Waals surface area contributed by atoms with Crippen LogP contribution in [0.5, 0.6) is 0 Å². The van der Waals surface area contributed by atoms with E-state index in [2.05, 4.69) is 4.74 Å². The Morgan fingerprint density at radius 1 is 1.38 bits per heavy atom. The Labute approximate surface area is 125 Å². The second-order valence-corrected chi connectivity index (χ2v) is 5.57. The lowest BCUT2D eigenvalue weighted by molar-refractivity contribution is 0.0607. The molecule has 0 aliphatic carbocycles. The Morgan fingerprint density at radius 3 is 2.62 bits per heavy atom. The zero-order chi connectivity index (χ0) is 15.7. The molecule has 6 heteroatoms. The second-order valence-electron chi connectivity index (χ2n) is 4.55. The highest BCUT2D eigenvalue weighted by molar-refractivity contribution is 7.18. The van der Waals surface area contributed by atoms with Crippen LogP contribution in [0.3, 0.4) is 0 Å². The fourth-order valence-corrected chi connectivity index (χ4v) is 3.41. The number of halogens is 2. The van der Waals surface area contributed by atoms with Gasteiger partial charge in [0.05, 0.1) is 18.4 Å². The van der Waals surface area contributed by atoms with E-state index in [1.807, 2.05) is 6.92 Å². The first kappa shape index (κ1) is 15.4. The maximum atomic E-state index is 14.3. The summed E-state index contributed by atoms with van der Waals surface area (Å²) < 4.78 is 33.0. The van der Waals surface area contributed by atoms with Crippen LogP contribution >= 0.6 is 11.3 Å². The normalized spacial score (nSPS) is 10.7. The number of thiophene rings is 1. The lowest BCUT2D eigenvalue weighted by Gasteiger charge is -2.07. The summed E-state index contributed by atoms with van der Waals surface area (Å²) in [7, 11) is 1.24. The molecule has 1 aromatic carbocycles. The summed E-state index contributed by atoms with van der Waals surface area (Å²) in [6.07, 6.45) is 0.460. The van der Waals surface area contributed by atoms with Crippen LogP contribution < -0.4 is 5.73 Å². The molecule has 0 aliphatic rings. The number of nitrogen functional groups attached to an aromatic ring is 1. The van der Waals surface area contributed by atoms with E-state index >= 15 is 0 Å². The van der Waals surface area contributed by atoms with E-state index in [4.69, 9.17) is 5.73 Å². The molecule has 0 saturated heterocycles. The lowest BCUT2D eigenvalue weighted by Crippen LogP contribution is -2.02. The molecule has 0 bridgehead atoms. The van der Waals surface area contributed by atoms with Crippen molar-refractivity contribution in [3.05, 3.63) is 39.8 Å². The number of methoxy groups -OCH3 is 1. The summed E-state index contributed by atoms with van der Waals surface area (Å²) in [6.45, 7) is 3.37. The van der Waals surface area contributed by atoms with Crippen molar-refractivity contribution in [3.8, 4) is 10.4 Å². The number of ether oxygens (including phenoxy) is 1. The number of benzene rings is 1. The third-order valence-corrected chi connectivity index (χ3v) is 4.53. The second kappa shape index (κ2) is 5.81. The number of nitrogens with two attached hydrogens (primary N) is 1. The van der Waals surface area contributed by atoms with Gasteiger partial charge in [0.1, 0.15) is 16.5 Å². The molecule has 1 heterocycles. The number of carbonyl (C=O) groups excluding carboxylic acids is 1. The van der Waals surface area contributed by atoms with Gasteiger partial charge in [0, 0.05) is 4.88 Å². The van der Waals surface area contributed by atoms with Crippen LogP contribution in [0.1, 0.15) is 27.7 Å². The molecule has 2 N–H and O–H groups in total. The van der Waals surface area contributed by atoms with Gasteiger partial charge >= 0.3 is 5.97 Å². The van der Waals surface area contributed by atoms with E-state index in [1.165, 1.54) is 19.2 Å². The monoisotopic (exact) mass is 311 g/mol. The molecule has 112 valence electrons. The standard InChI is InChI=1S/C15H15F2NO2S/c1-4-8-12(18)14(15(19)20-3)21-13(8)10-9(16)6-5-7(2)11(10)17/h5-6H,4,18H2,1-3H3. The average molecular weight is 311 g/mol. The Morgan fingerprint density at radius 2 is 2.05 bits per heavy atom. The summed E-state index contributed by atoms with van der Waals surface area (Å²) in [5, 5.41) is 0. The molecule has 0 fully saturated rings. The largest absolute Gasteiger partial charge is 0.465 e. The van der Waals surface area contributed by atoms with Crippen molar-refractivity contribution in [1.29, 1.82) is 0 Å². The maximum Gasteiger partial charge on any atom is 0.350 e. The zero-order valence-electron chi connectivity index (χ0n) is 11.9. The Hall–Kier alpha value is -1.95. The van der Waals surface area contributed by atoms with E-state index in [9.17, 15) is 13.6 Å². The molecule has 0 saturated carbocycles. The molecule has 0 unspecified atom stereocenters. The van der Waals surface area contributed by atoms with Gasteiger partial charge in [-0.15, -0.1) is 11.3 Å². The molecule has 1 aromatic heterocycles. The van der Waals surface area contributed by atoms with Gasteiger partial charge in [-0.05, 0) is 30.5 Å². The van der Waals surface area contributed by atoms with Crippen LogP contribution in [-0.2, 0) is 11.2 Å². The number of rotatable bonds is 3. The van der Waals surface area contributed by atoms with Gasteiger partial charge in [-0.3, -0.25) is 0 Å². The number of anilines is 1. The van der Waals surface area contributed by atoms with E-state index in [0.717, 1.165) is 11.3 Å². The molecule has 2 rings (SSSR count). The molecule has 0 atom stereocenters. The van der Waals surface area contributed by atoms with E-state index < -0.39 is 17.6 Å². The number of hydrogen-bond acceptors (Lipinski definition) is 4. The first-order chi connectivity index (χ1) is 9.92. The summed E-state index contributed by atoms with van der Waals surface area (Å²) in [5.74, 6) is -1.92. The van der Waals surface area contributed by atoms with Crippen molar-refractivity contribution in [2.45, 2.75) is 20.3 Å². The first-order valence-corrected chi connectivity index (χ1v) is 7.18. The van der Waals surface area contributed by atoms with E-state index in [0.29, 0.717) is 22.4 Å².